The fourth-order valence-electron chi connectivity index (χ4n) is 1.26. The second-order valence-corrected chi connectivity index (χ2v) is 3.18. The molecule has 1 N–H and O–H groups in total. The van der Waals surface area contributed by atoms with Gasteiger partial charge in [-0.2, -0.15) is 0 Å². The van der Waals surface area contributed by atoms with Crippen molar-refractivity contribution in [3.8, 4) is 0 Å². The molecule has 0 aliphatic heterocycles. The lowest BCUT2D eigenvalue weighted by molar-refractivity contribution is 1.29. The first kappa shape index (κ1) is 7.43. The highest BCUT2D eigenvalue weighted by molar-refractivity contribution is 7.71. The second-order valence-electron chi connectivity index (χ2n) is 2.74. The van der Waals surface area contributed by atoms with Gasteiger partial charge in [0.15, 0.2) is 0 Å². The summed E-state index contributed by atoms with van der Waals surface area (Å²) >= 11 is 5.05. The molecule has 2 rings (SSSR count). The van der Waals surface area contributed by atoms with Crippen LogP contribution in [0.5, 0.6) is 0 Å². The maximum Gasteiger partial charge on any atom is 0.103 e. The molecule has 60 valence electrons. The summed E-state index contributed by atoms with van der Waals surface area (Å²) in [5.74, 6) is 0. The molecule has 2 heterocycles. The van der Waals surface area contributed by atoms with E-state index in [4.69, 9.17) is 12.2 Å². The number of aromatic nitrogens is 2. The lowest BCUT2D eigenvalue weighted by Gasteiger charge is -1.99. The Labute approximate surface area is 75.3 Å². The van der Waals surface area contributed by atoms with Crippen molar-refractivity contribution < 1.29 is 0 Å². The van der Waals surface area contributed by atoms with Crippen LogP contribution in [-0.4, -0.2) is 9.97 Å². The van der Waals surface area contributed by atoms with Crippen molar-refractivity contribution in [1.29, 1.82) is 0 Å². The first-order valence-corrected chi connectivity index (χ1v) is 4.12. The molecule has 12 heavy (non-hydrogen) atoms. The van der Waals surface area contributed by atoms with Crippen LogP contribution in [-0.2, 0) is 0 Å². The second kappa shape index (κ2) is 2.68. The minimum Gasteiger partial charge on any atom is -0.346 e. The van der Waals surface area contributed by atoms with Gasteiger partial charge in [-0.1, -0.05) is 12.2 Å². The number of rotatable bonds is 0. The van der Waals surface area contributed by atoms with Crippen LogP contribution < -0.4 is 0 Å². The molecule has 2 aromatic rings. The van der Waals surface area contributed by atoms with Crippen LogP contribution in [0.25, 0.3) is 10.9 Å². The third-order valence-electron chi connectivity index (χ3n) is 1.85. The molecule has 0 saturated carbocycles. The van der Waals surface area contributed by atoms with Crippen LogP contribution in [0.3, 0.4) is 0 Å². The number of aromatic amines is 1. The summed E-state index contributed by atoms with van der Waals surface area (Å²) < 4.78 is 0.770. The van der Waals surface area contributed by atoms with Crippen molar-refractivity contribution in [2.75, 3.05) is 0 Å². The van der Waals surface area contributed by atoms with E-state index in [1.54, 1.807) is 6.20 Å². The van der Waals surface area contributed by atoms with E-state index < -0.39 is 0 Å². The zero-order valence-corrected chi connectivity index (χ0v) is 7.48. The minimum atomic E-state index is 0.770. The molecule has 0 spiro atoms. The standard InChI is InChI=1S/C9H8N2S/c1-6-4-9(12)11-8-2-3-10-5-7(6)8/h2-5H,1H3,(H,11,12). The van der Waals surface area contributed by atoms with Crippen molar-refractivity contribution in [2.24, 2.45) is 0 Å². The molecule has 0 atom stereocenters. The predicted octanol–water partition coefficient (Wildman–Crippen LogP) is 2.60. The Morgan fingerprint density at radius 1 is 1.50 bits per heavy atom. The van der Waals surface area contributed by atoms with E-state index in [0.717, 1.165) is 15.5 Å². The number of hydrogen-bond donors (Lipinski definition) is 1. The first-order valence-electron chi connectivity index (χ1n) is 3.71. The largest absolute Gasteiger partial charge is 0.346 e. The van der Waals surface area contributed by atoms with Gasteiger partial charge in [-0.3, -0.25) is 4.98 Å². The molecule has 3 heteroatoms. The average Bonchev–Trinajstić information content (AvgIpc) is 2.04. The quantitative estimate of drug-likeness (QED) is 0.625. The molecule has 0 aromatic carbocycles. The zero-order valence-electron chi connectivity index (χ0n) is 6.66. The van der Waals surface area contributed by atoms with E-state index in [1.807, 2.05) is 25.3 Å². The van der Waals surface area contributed by atoms with E-state index >= 15 is 0 Å². The van der Waals surface area contributed by atoms with Gasteiger partial charge in [-0.05, 0) is 24.6 Å². The van der Waals surface area contributed by atoms with Gasteiger partial charge in [-0.15, -0.1) is 0 Å². The highest BCUT2D eigenvalue weighted by Gasteiger charge is 1.95. The minimum absolute atomic E-state index is 0.770. The first-order chi connectivity index (χ1) is 5.77. The maximum absolute atomic E-state index is 5.05. The van der Waals surface area contributed by atoms with Crippen LogP contribution in [0.1, 0.15) is 5.56 Å². The summed E-state index contributed by atoms with van der Waals surface area (Å²) in [5, 5.41) is 1.13. The predicted molar refractivity (Wildman–Crippen MR) is 51.7 cm³/mol. The lowest BCUT2D eigenvalue weighted by atomic mass is 10.2. The molecule has 2 aromatic heterocycles. The van der Waals surface area contributed by atoms with E-state index in [9.17, 15) is 0 Å². The van der Waals surface area contributed by atoms with Crippen LogP contribution in [0.2, 0.25) is 0 Å². The summed E-state index contributed by atoms with van der Waals surface area (Å²) in [7, 11) is 0. The number of aryl methyl sites for hydroxylation is 1. The number of nitrogens with zero attached hydrogens (tertiary/aromatic N) is 1. The number of pyridine rings is 2. The van der Waals surface area contributed by atoms with E-state index in [1.165, 1.54) is 5.56 Å². The van der Waals surface area contributed by atoms with Crippen molar-refractivity contribution in [3.63, 3.8) is 0 Å². The molecular formula is C9H8N2S. The van der Waals surface area contributed by atoms with Gasteiger partial charge in [0.1, 0.15) is 4.64 Å². The maximum atomic E-state index is 5.05. The number of nitrogens with one attached hydrogen (secondary N) is 1. The van der Waals surface area contributed by atoms with Gasteiger partial charge in [0.2, 0.25) is 0 Å². The molecule has 0 amide bonds. The fourth-order valence-corrected chi connectivity index (χ4v) is 1.55. The highest BCUT2D eigenvalue weighted by atomic mass is 32.1. The fraction of sp³-hybridized carbons (Fsp3) is 0.111. The van der Waals surface area contributed by atoms with Crippen LogP contribution >= 0.6 is 12.2 Å². The summed E-state index contributed by atoms with van der Waals surface area (Å²) in [6.07, 6.45) is 3.60. The van der Waals surface area contributed by atoms with Gasteiger partial charge in [0.05, 0.1) is 0 Å². The van der Waals surface area contributed by atoms with Crippen LogP contribution in [0.4, 0.5) is 0 Å². The topological polar surface area (TPSA) is 28.7 Å². The SMILES string of the molecule is Cc1cc(=S)[nH]c2ccncc12. The Balaban J connectivity index is 2.99. The Bertz CT molecular complexity index is 473. The molecule has 0 fully saturated rings. The summed E-state index contributed by atoms with van der Waals surface area (Å²) in [5.41, 5.74) is 2.22. The molecule has 0 aliphatic rings. The third kappa shape index (κ3) is 1.12. The van der Waals surface area contributed by atoms with Gasteiger partial charge in [-0.25, -0.2) is 0 Å². The monoisotopic (exact) mass is 176 g/mol. The molecule has 2 nitrogen and oxygen atoms in total. The van der Waals surface area contributed by atoms with E-state index in [0.29, 0.717) is 0 Å². The molecule has 0 bridgehead atoms. The number of H-pyrrole nitrogens is 1. The smallest absolute Gasteiger partial charge is 0.103 e. The zero-order chi connectivity index (χ0) is 8.55. The van der Waals surface area contributed by atoms with Crippen molar-refractivity contribution >= 4 is 23.1 Å². The van der Waals surface area contributed by atoms with E-state index in [-0.39, 0.29) is 0 Å². The Morgan fingerprint density at radius 2 is 2.33 bits per heavy atom. The van der Waals surface area contributed by atoms with E-state index in [2.05, 4.69) is 9.97 Å². The van der Waals surface area contributed by atoms with Crippen molar-refractivity contribution in [3.05, 3.63) is 34.7 Å². The molecule has 0 saturated heterocycles. The highest BCUT2D eigenvalue weighted by Crippen LogP contribution is 2.13. The Hall–Kier alpha value is -1.22. The molecule has 0 unspecified atom stereocenters. The number of fused-ring (bicyclic) bond motifs is 1. The van der Waals surface area contributed by atoms with Crippen molar-refractivity contribution in [2.45, 2.75) is 6.92 Å². The van der Waals surface area contributed by atoms with Gasteiger partial charge in [0, 0.05) is 23.3 Å². The summed E-state index contributed by atoms with van der Waals surface area (Å²) in [6, 6.07) is 3.87. The van der Waals surface area contributed by atoms with Crippen LogP contribution in [0, 0.1) is 11.6 Å². The normalized spacial score (nSPS) is 10.4. The average molecular weight is 176 g/mol. The lowest BCUT2D eigenvalue weighted by Crippen LogP contribution is -1.84. The third-order valence-corrected chi connectivity index (χ3v) is 2.07. The van der Waals surface area contributed by atoms with Gasteiger partial charge >= 0.3 is 0 Å². The Morgan fingerprint density at radius 3 is 3.17 bits per heavy atom. The molecule has 0 radical (unpaired) electrons. The molecule has 0 aliphatic carbocycles. The van der Waals surface area contributed by atoms with Gasteiger partial charge < -0.3 is 4.98 Å². The van der Waals surface area contributed by atoms with Crippen LogP contribution in [0.15, 0.2) is 24.5 Å². The molecular weight excluding hydrogens is 168 g/mol. The summed E-state index contributed by atoms with van der Waals surface area (Å²) in [4.78, 5) is 7.15. The number of hydrogen-bond acceptors (Lipinski definition) is 2. The van der Waals surface area contributed by atoms with Crippen molar-refractivity contribution in [1.82, 2.24) is 9.97 Å². The van der Waals surface area contributed by atoms with Gasteiger partial charge in [0.25, 0.3) is 0 Å². The Kier molecular flexibility index (Phi) is 1.66. The summed E-state index contributed by atoms with van der Waals surface area (Å²) in [6.45, 7) is 2.04.